The summed E-state index contributed by atoms with van der Waals surface area (Å²) in [7, 11) is 3.65. The quantitative estimate of drug-likeness (QED) is 0.461. The second-order valence-corrected chi connectivity index (χ2v) is 8.71. The molecular formula is C26H29N5O. The van der Waals surface area contributed by atoms with Crippen LogP contribution in [0.2, 0.25) is 0 Å². The SMILES string of the molecule is COc1cccc2ccc(CN3CCC(c4cc(-c5cnn(C)c5)cc(C)n4)CC3)nc12. The Bertz CT molecular complexity index is 1240. The molecule has 1 saturated heterocycles. The van der Waals surface area contributed by atoms with E-state index in [2.05, 4.69) is 53.5 Å². The molecule has 1 aliphatic heterocycles. The fourth-order valence-corrected chi connectivity index (χ4v) is 4.67. The third-order valence-corrected chi connectivity index (χ3v) is 6.36. The van der Waals surface area contributed by atoms with Gasteiger partial charge in [0.15, 0.2) is 0 Å². The maximum atomic E-state index is 5.50. The Hall–Kier alpha value is -3.25. The number of nitrogens with zero attached hydrogens (tertiary/aromatic N) is 5. The summed E-state index contributed by atoms with van der Waals surface area (Å²) in [5.41, 5.74) is 6.66. The van der Waals surface area contributed by atoms with Gasteiger partial charge in [0.05, 0.1) is 19.0 Å². The molecule has 0 spiro atoms. The molecule has 1 fully saturated rings. The predicted molar refractivity (Wildman–Crippen MR) is 127 cm³/mol. The van der Waals surface area contributed by atoms with Gasteiger partial charge in [-0.3, -0.25) is 14.6 Å². The molecule has 0 amide bonds. The smallest absolute Gasteiger partial charge is 0.145 e. The van der Waals surface area contributed by atoms with Crippen molar-refractivity contribution in [2.45, 2.75) is 32.2 Å². The molecule has 0 unspecified atom stereocenters. The van der Waals surface area contributed by atoms with Gasteiger partial charge in [-0.2, -0.15) is 5.10 Å². The van der Waals surface area contributed by atoms with Crippen LogP contribution in [0.5, 0.6) is 5.75 Å². The Labute approximate surface area is 188 Å². The van der Waals surface area contributed by atoms with Crippen LogP contribution in [0.3, 0.4) is 0 Å². The average Bonchev–Trinajstić information content (AvgIpc) is 3.25. The topological polar surface area (TPSA) is 56.1 Å². The van der Waals surface area contributed by atoms with E-state index in [1.165, 1.54) is 11.3 Å². The van der Waals surface area contributed by atoms with Gasteiger partial charge in [-0.05, 0) is 62.7 Å². The zero-order valence-corrected chi connectivity index (χ0v) is 19.0. The van der Waals surface area contributed by atoms with E-state index < -0.39 is 0 Å². The van der Waals surface area contributed by atoms with E-state index in [0.717, 1.165) is 66.1 Å². The minimum absolute atomic E-state index is 0.492. The van der Waals surface area contributed by atoms with Gasteiger partial charge in [-0.1, -0.05) is 18.2 Å². The van der Waals surface area contributed by atoms with Gasteiger partial charge in [0.1, 0.15) is 11.3 Å². The van der Waals surface area contributed by atoms with Crippen molar-refractivity contribution >= 4 is 10.9 Å². The molecule has 0 saturated carbocycles. The molecule has 5 rings (SSSR count). The highest BCUT2D eigenvalue weighted by molar-refractivity contribution is 5.84. The summed E-state index contributed by atoms with van der Waals surface area (Å²) in [4.78, 5) is 12.3. The molecule has 0 N–H and O–H groups in total. The molecule has 0 aliphatic carbocycles. The van der Waals surface area contributed by atoms with Gasteiger partial charge >= 0.3 is 0 Å². The normalized spacial score (nSPS) is 15.3. The number of hydrogen-bond donors (Lipinski definition) is 0. The highest BCUT2D eigenvalue weighted by Crippen LogP contribution is 2.31. The average molecular weight is 428 g/mol. The Morgan fingerprint density at radius 1 is 1.03 bits per heavy atom. The van der Waals surface area contributed by atoms with Gasteiger partial charge in [-0.25, -0.2) is 4.98 Å². The van der Waals surface area contributed by atoms with Gasteiger partial charge in [0, 0.05) is 48.0 Å². The molecule has 1 aliphatic rings. The fourth-order valence-electron chi connectivity index (χ4n) is 4.67. The number of aromatic nitrogens is 4. The Morgan fingerprint density at radius 3 is 2.62 bits per heavy atom. The number of pyridine rings is 2. The fraction of sp³-hybridized carbons (Fsp3) is 0.346. The number of likely N-dealkylation sites (tertiary alicyclic amines) is 1. The van der Waals surface area contributed by atoms with Crippen LogP contribution < -0.4 is 4.74 Å². The van der Waals surface area contributed by atoms with Crippen LogP contribution in [0.1, 0.15) is 35.8 Å². The van der Waals surface area contributed by atoms with E-state index >= 15 is 0 Å². The number of rotatable bonds is 5. The van der Waals surface area contributed by atoms with Crippen LogP contribution in [0.25, 0.3) is 22.0 Å². The molecule has 32 heavy (non-hydrogen) atoms. The van der Waals surface area contributed by atoms with Crippen LogP contribution in [-0.2, 0) is 13.6 Å². The van der Waals surface area contributed by atoms with E-state index in [0.29, 0.717) is 5.92 Å². The first-order chi connectivity index (χ1) is 15.6. The zero-order chi connectivity index (χ0) is 22.1. The van der Waals surface area contributed by atoms with E-state index in [9.17, 15) is 0 Å². The van der Waals surface area contributed by atoms with E-state index in [1.807, 2.05) is 30.1 Å². The standard InChI is InChI=1S/C26H29N5O/c1-18-13-21(22-15-27-30(2)16-22)14-24(28-18)19-9-11-31(12-10-19)17-23-8-7-20-5-4-6-25(32-3)26(20)29-23/h4-8,13-16,19H,9-12,17H2,1-3H3. The molecule has 0 atom stereocenters. The monoisotopic (exact) mass is 427 g/mol. The number of piperidine rings is 1. The lowest BCUT2D eigenvalue weighted by molar-refractivity contribution is 0.201. The number of benzene rings is 1. The summed E-state index contributed by atoms with van der Waals surface area (Å²) < 4.78 is 7.35. The van der Waals surface area contributed by atoms with Crippen molar-refractivity contribution in [1.29, 1.82) is 0 Å². The van der Waals surface area contributed by atoms with Crippen molar-refractivity contribution in [2.75, 3.05) is 20.2 Å². The number of aryl methyl sites for hydroxylation is 2. The lowest BCUT2D eigenvalue weighted by Gasteiger charge is -2.31. The van der Waals surface area contributed by atoms with Crippen LogP contribution in [0, 0.1) is 6.92 Å². The number of para-hydroxylation sites is 1. The van der Waals surface area contributed by atoms with Crippen molar-refractivity contribution < 1.29 is 4.74 Å². The molecule has 0 bridgehead atoms. The van der Waals surface area contributed by atoms with Gasteiger partial charge in [0.2, 0.25) is 0 Å². The molecule has 1 aromatic carbocycles. The van der Waals surface area contributed by atoms with Crippen LogP contribution in [-0.4, -0.2) is 44.8 Å². The van der Waals surface area contributed by atoms with Gasteiger partial charge < -0.3 is 4.74 Å². The largest absolute Gasteiger partial charge is 0.494 e. The Morgan fingerprint density at radius 2 is 1.88 bits per heavy atom. The summed E-state index contributed by atoms with van der Waals surface area (Å²) in [6, 6.07) is 14.7. The molecule has 6 nitrogen and oxygen atoms in total. The maximum Gasteiger partial charge on any atom is 0.145 e. The summed E-state index contributed by atoms with van der Waals surface area (Å²) in [6.07, 6.45) is 6.21. The van der Waals surface area contributed by atoms with Crippen molar-refractivity contribution in [2.24, 2.45) is 7.05 Å². The molecular weight excluding hydrogens is 398 g/mol. The molecule has 164 valence electrons. The first-order valence-electron chi connectivity index (χ1n) is 11.2. The Kier molecular flexibility index (Phi) is 5.62. The second-order valence-electron chi connectivity index (χ2n) is 8.71. The van der Waals surface area contributed by atoms with E-state index in [-0.39, 0.29) is 0 Å². The van der Waals surface area contributed by atoms with E-state index in [4.69, 9.17) is 14.7 Å². The summed E-state index contributed by atoms with van der Waals surface area (Å²) >= 11 is 0. The summed E-state index contributed by atoms with van der Waals surface area (Å²) in [5, 5.41) is 5.43. The summed E-state index contributed by atoms with van der Waals surface area (Å²) in [5.74, 6) is 1.32. The third kappa shape index (κ3) is 4.23. The molecule has 3 aromatic heterocycles. The molecule has 6 heteroatoms. The van der Waals surface area contributed by atoms with Crippen molar-refractivity contribution in [3.8, 4) is 16.9 Å². The number of ether oxygens (including phenoxy) is 1. The summed E-state index contributed by atoms with van der Waals surface area (Å²) in [6.45, 7) is 5.05. The molecule has 4 heterocycles. The van der Waals surface area contributed by atoms with Crippen LogP contribution in [0.4, 0.5) is 0 Å². The highest BCUT2D eigenvalue weighted by atomic mass is 16.5. The van der Waals surface area contributed by atoms with E-state index in [1.54, 1.807) is 7.11 Å². The number of fused-ring (bicyclic) bond motifs is 1. The van der Waals surface area contributed by atoms with Gasteiger partial charge in [-0.15, -0.1) is 0 Å². The minimum Gasteiger partial charge on any atom is -0.494 e. The van der Waals surface area contributed by atoms with Crippen molar-refractivity contribution in [3.05, 3.63) is 71.9 Å². The van der Waals surface area contributed by atoms with Crippen molar-refractivity contribution in [3.63, 3.8) is 0 Å². The van der Waals surface area contributed by atoms with Crippen LogP contribution >= 0.6 is 0 Å². The lowest BCUT2D eigenvalue weighted by Crippen LogP contribution is -2.33. The first kappa shape index (κ1) is 20.6. The number of methoxy groups -OCH3 is 1. The first-order valence-corrected chi connectivity index (χ1v) is 11.2. The molecule has 0 radical (unpaired) electrons. The third-order valence-electron chi connectivity index (χ3n) is 6.36. The highest BCUT2D eigenvalue weighted by Gasteiger charge is 2.23. The zero-order valence-electron chi connectivity index (χ0n) is 19.0. The predicted octanol–water partition coefficient (Wildman–Crippen LogP) is 4.73. The van der Waals surface area contributed by atoms with Crippen molar-refractivity contribution in [1.82, 2.24) is 24.6 Å². The minimum atomic E-state index is 0.492. The van der Waals surface area contributed by atoms with Crippen LogP contribution in [0.15, 0.2) is 54.9 Å². The van der Waals surface area contributed by atoms with Gasteiger partial charge in [0.25, 0.3) is 0 Å². The lowest BCUT2D eigenvalue weighted by atomic mass is 9.91. The number of hydrogen-bond acceptors (Lipinski definition) is 5. The maximum absolute atomic E-state index is 5.50. The molecule has 4 aromatic rings. The Balaban J connectivity index is 1.28. The second kappa shape index (κ2) is 8.71.